The van der Waals surface area contributed by atoms with Gasteiger partial charge in [0.05, 0.1) is 5.69 Å². The summed E-state index contributed by atoms with van der Waals surface area (Å²) in [5.41, 5.74) is 2.33. The van der Waals surface area contributed by atoms with Gasteiger partial charge in [-0.1, -0.05) is 31.4 Å². The molecule has 0 bridgehead atoms. The minimum Gasteiger partial charge on any atom is -0.314 e. The van der Waals surface area contributed by atoms with Crippen molar-refractivity contribution in [1.82, 2.24) is 15.1 Å². The number of fused-ring (bicyclic) bond motifs is 1. The van der Waals surface area contributed by atoms with Crippen LogP contribution in [-0.2, 0) is 13.5 Å². The molecule has 1 aromatic rings. The molecule has 2 aliphatic rings. The summed E-state index contributed by atoms with van der Waals surface area (Å²) < 4.78 is 1.80. The Kier molecular flexibility index (Phi) is 4.09. The van der Waals surface area contributed by atoms with Crippen LogP contribution in [0.2, 0.25) is 5.15 Å². The van der Waals surface area contributed by atoms with Gasteiger partial charge in [0.2, 0.25) is 0 Å². The highest BCUT2D eigenvalue weighted by molar-refractivity contribution is 6.30. The highest BCUT2D eigenvalue weighted by Crippen LogP contribution is 2.57. The fraction of sp³-hybridized carbons (Fsp3) is 0.812. The second-order valence-corrected chi connectivity index (χ2v) is 6.89. The van der Waals surface area contributed by atoms with Crippen molar-refractivity contribution in [2.75, 3.05) is 6.54 Å². The molecule has 1 heterocycles. The van der Waals surface area contributed by atoms with Crippen molar-refractivity contribution >= 4 is 11.6 Å². The number of nitrogens with zero attached hydrogens (tertiary/aromatic N) is 2. The summed E-state index contributed by atoms with van der Waals surface area (Å²) in [5.74, 6) is 2.82. The van der Waals surface area contributed by atoms with Gasteiger partial charge in [-0.05, 0) is 50.5 Å². The maximum absolute atomic E-state index is 6.41. The van der Waals surface area contributed by atoms with Crippen LogP contribution in [0.25, 0.3) is 0 Å². The van der Waals surface area contributed by atoms with Crippen LogP contribution < -0.4 is 5.32 Å². The Labute approximate surface area is 127 Å². The van der Waals surface area contributed by atoms with Crippen molar-refractivity contribution < 1.29 is 0 Å². The van der Waals surface area contributed by atoms with E-state index in [0.29, 0.717) is 6.04 Å². The molecule has 3 nitrogen and oxygen atoms in total. The highest BCUT2D eigenvalue weighted by Gasteiger charge is 2.53. The molecule has 1 aromatic heterocycles. The molecular formula is C16H26ClN3. The lowest BCUT2D eigenvalue weighted by Crippen LogP contribution is -2.34. The zero-order valence-corrected chi connectivity index (χ0v) is 13.6. The van der Waals surface area contributed by atoms with Crippen molar-refractivity contribution in [1.29, 1.82) is 0 Å². The summed E-state index contributed by atoms with van der Waals surface area (Å²) in [4.78, 5) is 0. The minimum absolute atomic E-state index is 0.577. The zero-order chi connectivity index (χ0) is 14.3. The van der Waals surface area contributed by atoms with Crippen LogP contribution in [0.15, 0.2) is 0 Å². The molecule has 20 heavy (non-hydrogen) atoms. The molecule has 0 amide bonds. The van der Waals surface area contributed by atoms with Crippen LogP contribution in [0.3, 0.4) is 0 Å². The first-order valence-corrected chi connectivity index (χ1v) is 8.42. The number of aryl methyl sites for hydroxylation is 2. The van der Waals surface area contributed by atoms with Crippen LogP contribution >= 0.6 is 11.6 Å². The van der Waals surface area contributed by atoms with Crippen LogP contribution in [0.4, 0.5) is 0 Å². The average molecular weight is 296 g/mol. The molecular weight excluding hydrogens is 270 g/mol. The third-order valence-corrected chi connectivity index (χ3v) is 5.82. The number of hydrogen-bond donors (Lipinski definition) is 1. The molecule has 3 atom stereocenters. The van der Waals surface area contributed by atoms with E-state index >= 15 is 0 Å². The number of halogens is 1. The Bertz CT molecular complexity index is 470. The van der Waals surface area contributed by atoms with Gasteiger partial charge in [-0.15, -0.1) is 0 Å². The van der Waals surface area contributed by atoms with Gasteiger partial charge >= 0.3 is 0 Å². The van der Waals surface area contributed by atoms with E-state index in [2.05, 4.69) is 24.3 Å². The predicted molar refractivity (Wildman–Crippen MR) is 83.1 cm³/mol. The normalized spacial score (nSPS) is 30.1. The molecule has 2 saturated carbocycles. The van der Waals surface area contributed by atoms with Crippen molar-refractivity contribution in [3.63, 3.8) is 0 Å². The van der Waals surface area contributed by atoms with E-state index in [-0.39, 0.29) is 0 Å². The van der Waals surface area contributed by atoms with Crippen LogP contribution in [0.5, 0.6) is 0 Å². The van der Waals surface area contributed by atoms with Crippen molar-refractivity contribution in [2.45, 2.75) is 52.0 Å². The Hall–Kier alpha value is -0.540. The molecule has 2 aliphatic carbocycles. The summed E-state index contributed by atoms with van der Waals surface area (Å²) >= 11 is 6.41. The van der Waals surface area contributed by atoms with E-state index in [9.17, 15) is 0 Å². The van der Waals surface area contributed by atoms with Crippen LogP contribution in [0.1, 0.15) is 43.9 Å². The van der Waals surface area contributed by atoms with Crippen molar-refractivity contribution in [3.8, 4) is 0 Å². The molecule has 112 valence electrons. The monoisotopic (exact) mass is 295 g/mol. The summed E-state index contributed by atoms with van der Waals surface area (Å²) in [5, 5.41) is 8.98. The van der Waals surface area contributed by atoms with Crippen LogP contribution in [-0.4, -0.2) is 22.4 Å². The maximum atomic E-state index is 6.41. The summed E-state index contributed by atoms with van der Waals surface area (Å²) in [6.07, 6.45) is 6.78. The Morgan fingerprint density at radius 1 is 1.35 bits per heavy atom. The van der Waals surface area contributed by atoms with E-state index in [0.717, 1.165) is 41.6 Å². The van der Waals surface area contributed by atoms with E-state index in [1.807, 2.05) is 7.05 Å². The van der Waals surface area contributed by atoms with Gasteiger partial charge in [-0.2, -0.15) is 5.10 Å². The van der Waals surface area contributed by atoms with Gasteiger partial charge in [-0.3, -0.25) is 4.68 Å². The third-order valence-electron chi connectivity index (χ3n) is 5.35. The smallest absolute Gasteiger partial charge is 0.130 e. The number of likely N-dealkylation sites (N-methyl/N-ethyl adjacent to an activating group) is 1. The molecule has 0 spiro atoms. The van der Waals surface area contributed by atoms with Gasteiger partial charge in [-0.25, -0.2) is 0 Å². The number of rotatable bonds is 5. The minimum atomic E-state index is 0.577. The first-order valence-electron chi connectivity index (χ1n) is 8.04. The second-order valence-electron chi connectivity index (χ2n) is 6.54. The molecule has 0 aliphatic heterocycles. The SMILES string of the molecule is CCNC(Cc1c(C)nn(C)c1Cl)C1C2CCCCC21. The average Bonchev–Trinajstić information content (AvgIpc) is 3.11. The van der Waals surface area contributed by atoms with E-state index in [1.165, 1.54) is 31.2 Å². The van der Waals surface area contributed by atoms with E-state index in [4.69, 9.17) is 11.6 Å². The fourth-order valence-corrected chi connectivity index (χ4v) is 4.63. The number of hydrogen-bond acceptors (Lipinski definition) is 2. The van der Waals surface area contributed by atoms with Gasteiger partial charge in [0.25, 0.3) is 0 Å². The van der Waals surface area contributed by atoms with Gasteiger partial charge in [0.1, 0.15) is 5.15 Å². The standard InChI is InChI=1S/C16H26ClN3/c1-4-18-14(15-11-7-5-6-8-12(11)15)9-13-10(2)19-20(3)16(13)17/h11-12,14-15,18H,4-9H2,1-3H3. The largest absolute Gasteiger partial charge is 0.314 e. The summed E-state index contributed by atoms with van der Waals surface area (Å²) in [7, 11) is 1.93. The Morgan fingerprint density at radius 3 is 2.50 bits per heavy atom. The summed E-state index contributed by atoms with van der Waals surface area (Å²) in [6.45, 7) is 5.32. The van der Waals surface area contributed by atoms with Gasteiger partial charge < -0.3 is 5.32 Å². The fourth-order valence-electron chi connectivity index (χ4n) is 4.38. The summed E-state index contributed by atoms with van der Waals surface area (Å²) in [6, 6.07) is 0.577. The highest BCUT2D eigenvalue weighted by atomic mass is 35.5. The second kappa shape index (κ2) is 5.69. The number of aromatic nitrogens is 2. The zero-order valence-electron chi connectivity index (χ0n) is 12.8. The van der Waals surface area contributed by atoms with E-state index in [1.54, 1.807) is 4.68 Å². The lowest BCUT2D eigenvalue weighted by Gasteiger charge is -2.18. The number of nitrogens with one attached hydrogen (secondary N) is 1. The van der Waals surface area contributed by atoms with Crippen molar-refractivity contribution in [2.24, 2.45) is 24.8 Å². The van der Waals surface area contributed by atoms with Crippen molar-refractivity contribution in [3.05, 3.63) is 16.4 Å². The molecule has 1 N–H and O–H groups in total. The molecule has 4 heteroatoms. The topological polar surface area (TPSA) is 29.9 Å². The molecule has 2 fully saturated rings. The molecule has 0 aromatic carbocycles. The predicted octanol–water partition coefficient (Wildman–Crippen LogP) is 3.34. The van der Waals surface area contributed by atoms with Gasteiger partial charge in [0.15, 0.2) is 0 Å². The first kappa shape index (κ1) is 14.4. The molecule has 3 rings (SSSR count). The Balaban J connectivity index is 1.75. The van der Waals surface area contributed by atoms with E-state index < -0.39 is 0 Å². The lowest BCUT2D eigenvalue weighted by molar-refractivity contribution is 0.437. The lowest BCUT2D eigenvalue weighted by atomic mass is 10.0. The quantitative estimate of drug-likeness (QED) is 0.903. The Morgan fingerprint density at radius 2 is 2.00 bits per heavy atom. The molecule has 0 saturated heterocycles. The first-order chi connectivity index (χ1) is 9.63. The molecule has 0 radical (unpaired) electrons. The van der Waals surface area contributed by atoms with Gasteiger partial charge in [0, 0.05) is 18.7 Å². The van der Waals surface area contributed by atoms with Crippen LogP contribution in [0, 0.1) is 24.7 Å². The third kappa shape index (κ3) is 2.50. The maximum Gasteiger partial charge on any atom is 0.130 e. The molecule has 3 unspecified atom stereocenters.